The van der Waals surface area contributed by atoms with Crippen molar-refractivity contribution in [3.05, 3.63) is 28.8 Å². The molecule has 5 heteroatoms. The largest absolute Gasteiger partial charge is 0.416 e. The summed E-state index contributed by atoms with van der Waals surface area (Å²) in [6.45, 7) is 0. The molecule has 1 nitrogen and oxygen atoms in total. The van der Waals surface area contributed by atoms with Gasteiger partial charge < -0.3 is 5.32 Å². The van der Waals surface area contributed by atoms with Crippen LogP contribution < -0.4 is 5.32 Å². The Labute approximate surface area is 115 Å². The molecule has 1 aromatic rings. The van der Waals surface area contributed by atoms with Crippen LogP contribution in [-0.4, -0.2) is 6.04 Å². The molecule has 19 heavy (non-hydrogen) atoms. The molecular formula is C14H15ClF3N. The maximum Gasteiger partial charge on any atom is 0.416 e. The molecule has 0 aliphatic heterocycles. The quantitative estimate of drug-likeness (QED) is 0.811. The van der Waals surface area contributed by atoms with Gasteiger partial charge in [0.1, 0.15) is 0 Å². The lowest BCUT2D eigenvalue weighted by Crippen LogP contribution is -2.26. The molecule has 0 heterocycles. The van der Waals surface area contributed by atoms with Crippen molar-refractivity contribution in [3.8, 4) is 0 Å². The van der Waals surface area contributed by atoms with Gasteiger partial charge in [0.2, 0.25) is 0 Å². The first-order chi connectivity index (χ1) is 8.93. The highest BCUT2D eigenvalue weighted by Crippen LogP contribution is 2.46. The van der Waals surface area contributed by atoms with Crippen molar-refractivity contribution < 1.29 is 13.2 Å². The molecule has 0 aromatic heterocycles. The van der Waals surface area contributed by atoms with Crippen molar-refractivity contribution in [3.63, 3.8) is 0 Å². The third-order valence-electron chi connectivity index (χ3n) is 4.37. The summed E-state index contributed by atoms with van der Waals surface area (Å²) in [4.78, 5) is 0. The van der Waals surface area contributed by atoms with Gasteiger partial charge in [-0.25, -0.2) is 0 Å². The standard InChI is InChI=1S/C14H15ClF3N/c15-11-4-3-10(14(16,17)18)7-13(11)19-12-6-8-1-2-9(12)5-8/h3-4,7-9,12,19H,1-2,5-6H2. The number of halogens is 4. The van der Waals surface area contributed by atoms with E-state index in [0.29, 0.717) is 16.6 Å². The van der Waals surface area contributed by atoms with Gasteiger partial charge in [-0.2, -0.15) is 13.2 Å². The first kappa shape index (κ1) is 13.1. The molecule has 2 aliphatic rings. The zero-order valence-corrected chi connectivity index (χ0v) is 11.1. The molecule has 0 spiro atoms. The van der Waals surface area contributed by atoms with Crippen molar-refractivity contribution in [1.82, 2.24) is 0 Å². The van der Waals surface area contributed by atoms with Gasteiger partial charge in [0.25, 0.3) is 0 Å². The Kier molecular flexibility index (Phi) is 3.16. The molecule has 3 rings (SSSR count). The van der Waals surface area contributed by atoms with E-state index in [2.05, 4.69) is 5.32 Å². The topological polar surface area (TPSA) is 12.0 Å². The summed E-state index contributed by atoms with van der Waals surface area (Å²) in [5.41, 5.74) is -0.239. The van der Waals surface area contributed by atoms with Gasteiger partial charge in [0.15, 0.2) is 0 Å². The van der Waals surface area contributed by atoms with Crippen molar-refractivity contribution in [2.45, 2.75) is 37.9 Å². The third-order valence-corrected chi connectivity index (χ3v) is 4.70. The number of hydrogen-bond donors (Lipinski definition) is 1. The molecule has 2 fully saturated rings. The monoisotopic (exact) mass is 289 g/mol. The van der Waals surface area contributed by atoms with Crippen LogP contribution in [0, 0.1) is 11.8 Å². The molecule has 1 N–H and O–H groups in total. The minimum absolute atomic E-state index is 0.278. The zero-order chi connectivity index (χ0) is 13.6. The van der Waals surface area contributed by atoms with E-state index < -0.39 is 11.7 Å². The van der Waals surface area contributed by atoms with Crippen molar-refractivity contribution in [2.24, 2.45) is 11.8 Å². The molecule has 3 unspecified atom stereocenters. The number of rotatable bonds is 2. The molecule has 2 bridgehead atoms. The van der Waals surface area contributed by atoms with E-state index in [-0.39, 0.29) is 6.04 Å². The molecule has 104 valence electrons. The van der Waals surface area contributed by atoms with E-state index >= 15 is 0 Å². The van der Waals surface area contributed by atoms with Crippen molar-refractivity contribution in [1.29, 1.82) is 0 Å². The van der Waals surface area contributed by atoms with E-state index in [0.717, 1.165) is 24.5 Å². The molecule has 2 saturated carbocycles. The van der Waals surface area contributed by atoms with Gasteiger partial charge in [-0.3, -0.25) is 0 Å². The Morgan fingerprint density at radius 3 is 2.53 bits per heavy atom. The normalized spacial score (nSPS) is 29.8. The lowest BCUT2D eigenvalue weighted by molar-refractivity contribution is -0.137. The minimum Gasteiger partial charge on any atom is -0.381 e. The van der Waals surface area contributed by atoms with Crippen LogP contribution in [0.2, 0.25) is 5.02 Å². The number of anilines is 1. The summed E-state index contributed by atoms with van der Waals surface area (Å²) in [7, 11) is 0. The maximum atomic E-state index is 12.7. The maximum absolute atomic E-state index is 12.7. The Morgan fingerprint density at radius 2 is 1.95 bits per heavy atom. The van der Waals surface area contributed by atoms with Gasteiger partial charge in [0.05, 0.1) is 16.3 Å². The van der Waals surface area contributed by atoms with E-state index in [1.54, 1.807) is 0 Å². The van der Waals surface area contributed by atoms with Crippen LogP contribution in [0.15, 0.2) is 18.2 Å². The van der Waals surface area contributed by atoms with Gasteiger partial charge in [-0.15, -0.1) is 0 Å². The molecule has 0 radical (unpaired) electrons. The number of fused-ring (bicyclic) bond motifs is 2. The predicted molar refractivity (Wildman–Crippen MR) is 69.3 cm³/mol. The fourth-order valence-electron chi connectivity index (χ4n) is 3.43. The van der Waals surface area contributed by atoms with Gasteiger partial charge in [-0.05, 0) is 49.3 Å². The van der Waals surface area contributed by atoms with E-state index in [1.807, 2.05) is 0 Å². The van der Waals surface area contributed by atoms with Crippen molar-refractivity contribution in [2.75, 3.05) is 5.32 Å². The summed E-state index contributed by atoms with van der Waals surface area (Å²) in [6.07, 6.45) is 0.374. The Hall–Kier alpha value is -0.900. The van der Waals surface area contributed by atoms with Crippen molar-refractivity contribution >= 4 is 17.3 Å². The highest BCUT2D eigenvalue weighted by atomic mass is 35.5. The van der Waals surface area contributed by atoms with Crippen LogP contribution in [0.3, 0.4) is 0 Å². The lowest BCUT2D eigenvalue weighted by atomic mass is 9.95. The average molecular weight is 290 g/mol. The summed E-state index contributed by atoms with van der Waals surface area (Å²) in [5.74, 6) is 1.34. The highest BCUT2D eigenvalue weighted by Gasteiger charge is 2.40. The third kappa shape index (κ3) is 2.55. The lowest BCUT2D eigenvalue weighted by Gasteiger charge is -2.25. The summed E-state index contributed by atoms with van der Waals surface area (Å²) in [5, 5.41) is 3.58. The van der Waals surface area contributed by atoms with Crippen LogP contribution in [0.1, 0.15) is 31.2 Å². The van der Waals surface area contributed by atoms with Crippen LogP contribution in [0.5, 0.6) is 0 Å². The predicted octanol–water partition coefficient (Wildman–Crippen LogP) is 4.96. The highest BCUT2D eigenvalue weighted by molar-refractivity contribution is 6.33. The molecule has 1 aromatic carbocycles. The van der Waals surface area contributed by atoms with Crippen LogP contribution in [0.4, 0.5) is 18.9 Å². The van der Waals surface area contributed by atoms with Gasteiger partial charge in [-0.1, -0.05) is 18.0 Å². The SMILES string of the molecule is FC(F)(F)c1ccc(Cl)c(NC2CC3CCC2C3)c1. The fourth-order valence-corrected chi connectivity index (χ4v) is 3.61. The summed E-state index contributed by atoms with van der Waals surface area (Å²) in [6, 6.07) is 3.74. The molecule has 2 aliphatic carbocycles. The smallest absolute Gasteiger partial charge is 0.381 e. The molecule has 0 amide bonds. The van der Waals surface area contributed by atoms with Crippen LogP contribution in [-0.2, 0) is 6.18 Å². The molecule has 3 atom stereocenters. The number of benzene rings is 1. The summed E-state index contributed by atoms with van der Waals surface area (Å²) < 4.78 is 38.1. The number of alkyl halides is 3. The van der Waals surface area contributed by atoms with Crippen LogP contribution >= 0.6 is 11.6 Å². The summed E-state index contributed by atoms with van der Waals surface area (Å²) >= 11 is 6.00. The van der Waals surface area contributed by atoms with E-state index in [4.69, 9.17) is 11.6 Å². The van der Waals surface area contributed by atoms with Gasteiger partial charge in [0, 0.05) is 6.04 Å². The Bertz CT molecular complexity index is 486. The van der Waals surface area contributed by atoms with Crippen LogP contribution in [0.25, 0.3) is 0 Å². The average Bonchev–Trinajstić information content (AvgIpc) is 2.92. The second-order valence-electron chi connectivity index (χ2n) is 5.62. The molecule has 0 saturated heterocycles. The number of nitrogens with one attached hydrogen (secondary N) is 1. The fraction of sp³-hybridized carbons (Fsp3) is 0.571. The zero-order valence-electron chi connectivity index (χ0n) is 10.3. The second-order valence-corrected chi connectivity index (χ2v) is 6.03. The Morgan fingerprint density at radius 1 is 1.16 bits per heavy atom. The first-order valence-electron chi connectivity index (χ1n) is 6.57. The van der Waals surface area contributed by atoms with Gasteiger partial charge >= 0.3 is 6.18 Å². The van der Waals surface area contributed by atoms with E-state index in [9.17, 15) is 13.2 Å². The minimum atomic E-state index is -4.32. The first-order valence-corrected chi connectivity index (χ1v) is 6.94. The number of hydrogen-bond acceptors (Lipinski definition) is 1. The molecular weight excluding hydrogens is 275 g/mol. The Balaban J connectivity index is 1.80. The van der Waals surface area contributed by atoms with E-state index in [1.165, 1.54) is 25.3 Å². The second kappa shape index (κ2) is 4.58.